The van der Waals surface area contributed by atoms with Crippen molar-refractivity contribution in [3.05, 3.63) is 40.9 Å². The molecule has 1 aromatic rings. The molecule has 0 radical (unpaired) electrons. The topological polar surface area (TPSA) is 38.3 Å². The molecule has 92 valence electrons. The highest BCUT2D eigenvalue weighted by atomic mass is 35.5. The first-order chi connectivity index (χ1) is 8.17. The number of carbonyl (C=O) groups excluding carboxylic acids is 1. The normalized spacial score (nSPS) is 11.1. The van der Waals surface area contributed by atoms with Gasteiger partial charge < -0.3 is 10.1 Å². The van der Waals surface area contributed by atoms with Gasteiger partial charge >= 0.3 is 5.97 Å². The summed E-state index contributed by atoms with van der Waals surface area (Å²) in [7, 11) is 0. The van der Waals surface area contributed by atoms with Gasteiger partial charge in [-0.2, -0.15) is 0 Å². The SMILES string of the molecule is CCN/C(=C\C(=O)OCC)c1ccc(Cl)cc1. The van der Waals surface area contributed by atoms with Crippen molar-refractivity contribution < 1.29 is 9.53 Å². The van der Waals surface area contributed by atoms with Crippen molar-refractivity contribution in [2.45, 2.75) is 13.8 Å². The average Bonchev–Trinajstić information content (AvgIpc) is 2.30. The van der Waals surface area contributed by atoms with Gasteiger partial charge in [0.25, 0.3) is 0 Å². The molecule has 0 spiro atoms. The van der Waals surface area contributed by atoms with E-state index >= 15 is 0 Å². The van der Waals surface area contributed by atoms with Crippen LogP contribution in [0.5, 0.6) is 0 Å². The Balaban J connectivity index is 2.92. The Morgan fingerprint density at radius 2 is 2.00 bits per heavy atom. The van der Waals surface area contributed by atoms with Crippen LogP contribution in [0.25, 0.3) is 5.70 Å². The number of nitrogens with one attached hydrogen (secondary N) is 1. The number of benzene rings is 1. The molecule has 17 heavy (non-hydrogen) atoms. The summed E-state index contributed by atoms with van der Waals surface area (Å²) in [6, 6.07) is 7.28. The Hall–Kier alpha value is -1.48. The smallest absolute Gasteiger partial charge is 0.332 e. The molecular formula is C13H16ClNO2. The fraction of sp³-hybridized carbons (Fsp3) is 0.308. The first kappa shape index (κ1) is 13.6. The molecule has 0 unspecified atom stereocenters. The van der Waals surface area contributed by atoms with E-state index in [9.17, 15) is 4.79 Å². The minimum atomic E-state index is -0.349. The summed E-state index contributed by atoms with van der Waals surface area (Å²) >= 11 is 5.82. The van der Waals surface area contributed by atoms with Crippen molar-refractivity contribution >= 4 is 23.3 Å². The maximum absolute atomic E-state index is 11.4. The third-order valence-electron chi connectivity index (χ3n) is 2.07. The zero-order valence-electron chi connectivity index (χ0n) is 10.00. The van der Waals surface area contributed by atoms with Crippen molar-refractivity contribution in [1.29, 1.82) is 0 Å². The van der Waals surface area contributed by atoms with E-state index in [2.05, 4.69) is 5.32 Å². The molecule has 0 saturated heterocycles. The van der Waals surface area contributed by atoms with E-state index in [1.165, 1.54) is 6.08 Å². The number of hydrogen-bond acceptors (Lipinski definition) is 3. The van der Waals surface area contributed by atoms with Crippen molar-refractivity contribution in [2.24, 2.45) is 0 Å². The highest BCUT2D eigenvalue weighted by molar-refractivity contribution is 6.30. The predicted octanol–water partition coefficient (Wildman–Crippen LogP) is 2.85. The number of hydrogen-bond donors (Lipinski definition) is 1. The van der Waals surface area contributed by atoms with Crippen LogP contribution in [0.4, 0.5) is 0 Å². The lowest BCUT2D eigenvalue weighted by molar-refractivity contribution is -0.137. The van der Waals surface area contributed by atoms with E-state index in [4.69, 9.17) is 16.3 Å². The molecule has 0 fully saturated rings. The average molecular weight is 254 g/mol. The summed E-state index contributed by atoms with van der Waals surface area (Å²) in [4.78, 5) is 11.4. The molecule has 0 aromatic heterocycles. The van der Waals surface area contributed by atoms with E-state index in [1.54, 1.807) is 19.1 Å². The van der Waals surface area contributed by atoms with Crippen molar-refractivity contribution in [1.82, 2.24) is 5.32 Å². The van der Waals surface area contributed by atoms with Gasteiger partial charge in [0, 0.05) is 23.3 Å². The van der Waals surface area contributed by atoms with E-state index in [0.29, 0.717) is 11.6 Å². The quantitative estimate of drug-likeness (QED) is 0.648. The van der Waals surface area contributed by atoms with Crippen LogP contribution >= 0.6 is 11.6 Å². The second-order valence-electron chi connectivity index (χ2n) is 3.35. The lowest BCUT2D eigenvalue weighted by atomic mass is 10.1. The molecule has 0 aliphatic heterocycles. The second kappa shape index (κ2) is 6.97. The van der Waals surface area contributed by atoms with Crippen molar-refractivity contribution in [3.63, 3.8) is 0 Å². The maximum Gasteiger partial charge on any atom is 0.332 e. The van der Waals surface area contributed by atoms with Gasteiger partial charge in [0.1, 0.15) is 0 Å². The first-order valence-electron chi connectivity index (χ1n) is 5.55. The summed E-state index contributed by atoms with van der Waals surface area (Å²) in [5.41, 5.74) is 1.65. The van der Waals surface area contributed by atoms with E-state index in [-0.39, 0.29) is 5.97 Å². The van der Waals surface area contributed by atoms with Crippen LogP contribution in [-0.2, 0) is 9.53 Å². The summed E-state index contributed by atoms with van der Waals surface area (Å²) < 4.78 is 4.88. The van der Waals surface area contributed by atoms with Crippen LogP contribution in [0.3, 0.4) is 0 Å². The van der Waals surface area contributed by atoms with Gasteiger partial charge in [0.15, 0.2) is 0 Å². The van der Waals surface area contributed by atoms with Crippen LogP contribution in [0.2, 0.25) is 5.02 Å². The summed E-state index contributed by atoms with van der Waals surface area (Å²) in [6.45, 7) is 4.85. The molecular weight excluding hydrogens is 238 g/mol. The minimum Gasteiger partial charge on any atom is -0.463 e. The van der Waals surface area contributed by atoms with E-state index in [1.807, 2.05) is 19.1 Å². The third-order valence-corrected chi connectivity index (χ3v) is 2.32. The lowest BCUT2D eigenvalue weighted by Crippen LogP contribution is -2.13. The molecule has 0 heterocycles. The number of carbonyl (C=O) groups is 1. The largest absolute Gasteiger partial charge is 0.463 e. The number of rotatable bonds is 5. The fourth-order valence-corrected chi connectivity index (χ4v) is 1.48. The van der Waals surface area contributed by atoms with Gasteiger partial charge in [-0.3, -0.25) is 0 Å². The maximum atomic E-state index is 11.4. The van der Waals surface area contributed by atoms with Crippen LogP contribution < -0.4 is 5.32 Å². The van der Waals surface area contributed by atoms with Gasteiger partial charge in [-0.15, -0.1) is 0 Å². The Morgan fingerprint density at radius 3 is 2.53 bits per heavy atom. The van der Waals surface area contributed by atoms with Crippen LogP contribution in [-0.4, -0.2) is 19.1 Å². The second-order valence-corrected chi connectivity index (χ2v) is 3.78. The van der Waals surface area contributed by atoms with Crippen molar-refractivity contribution in [3.8, 4) is 0 Å². The molecule has 3 nitrogen and oxygen atoms in total. The Kier molecular flexibility index (Phi) is 5.57. The van der Waals surface area contributed by atoms with Crippen LogP contribution in [0.1, 0.15) is 19.4 Å². The highest BCUT2D eigenvalue weighted by Gasteiger charge is 2.04. The summed E-state index contributed by atoms with van der Waals surface area (Å²) in [6.07, 6.45) is 1.45. The molecule has 0 amide bonds. The van der Waals surface area contributed by atoms with Gasteiger partial charge in [-0.1, -0.05) is 23.7 Å². The Bertz CT molecular complexity index is 398. The van der Waals surface area contributed by atoms with E-state index in [0.717, 1.165) is 17.8 Å². The van der Waals surface area contributed by atoms with Crippen molar-refractivity contribution in [2.75, 3.05) is 13.2 Å². The molecule has 4 heteroatoms. The molecule has 1 rings (SSSR count). The Morgan fingerprint density at radius 1 is 1.35 bits per heavy atom. The van der Waals surface area contributed by atoms with Gasteiger partial charge in [-0.25, -0.2) is 4.79 Å². The zero-order valence-corrected chi connectivity index (χ0v) is 10.8. The van der Waals surface area contributed by atoms with Gasteiger partial charge in [-0.05, 0) is 31.5 Å². The first-order valence-corrected chi connectivity index (χ1v) is 5.93. The minimum absolute atomic E-state index is 0.349. The standard InChI is InChI=1S/C13H16ClNO2/c1-3-15-12(9-13(16)17-4-2)10-5-7-11(14)8-6-10/h5-9,15H,3-4H2,1-2H3/b12-9-. The lowest BCUT2D eigenvalue weighted by Gasteiger charge is -2.09. The molecule has 0 saturated carbocycles. The van der Waals surface area contributed by atoms with Crippen LogP contribution in [0, 0.1) is 0 Å². The third kappa shape index (κ3) is 4.49. The number of esters is 1. The monoisotopic (exact) mass is 253 g/mol. The number of ether oxygens (including phenoxy) is 1. The molecule has 1 N–H and O–H groups in total. The van der Waals surface area contributed by atoms with Gasteiger partial charge in [0.2, 0.25) is 0 Å². The summed E-state index contributed by atoms with van der Waals surface area (Å²) in [5.74, 6) is -0.349. The summed E-state index contributed by atoms with van der Waals surface area (Å²) in [5, 5.41) is 3.79. The zero-order chi connectivity index (χ0) is 12.7. The molecule has 0 bridgehead atoms. The number of halogens is 1. The molecule has 1 aromatic carbocycles. The Labute approximate surface area is 106 Å². The van der Waals surface area contributed by atoms with Crippen LogP contribution in [0.15, 0.2) is 30.3 Å². The molecule has 0 aliphatic rings. The predicted molar refractivity (Wildman–Crippen MR) is 69.7 cm³/mol. The molecule has 0 aliphatic carbocycles. The fourth-order valence-electron chi connectivity index (χ4n) is 1.36. The van der Waals surface area contributed by atoms with Gasteiger partial charge in [0.05, 0.1) is 6.61 Å². The molecule has 0 atom stereocenters. The van der Waals surface area contributed by atoms with E-state index < -0.39 is 0 Å². The highest BCUT2D eigenvalue weighted by Crippen LogP contribution is 2.15.